The highest BCUT2D eigenvalue weighted by Gasteiger charge is 2.19. The van der Waals surface area contributed by atoms with E-state index in [1.807, 2.05) is 13.1 Å². The molecule has 6 heteroatoms. The third-order valence-electron chi connectivity index (χ3n) is 3.85. The fourth-order valence-corrected chi connectivity index (χ4v) is 2.70. The maximum Gasteiger partial charge on any atom is 0.276 e. The van der Waals surface area contributed by atoms with Gasteiger partial charge >= 0.3 is 0 Å². The van der Waals surface area contributed by atoms with Crippen LogP contribution in [0.25, 0.3) is 11.6 Å². The lowest BCUT2D eigenvalue weighted by Gasteiger charge is -2.20. The molecular formula is C14H21N5O. The first kappa shape index (κ1) is 13.3. The molecule has 0 bridgehead atoms. The van der Waals surface area contributed by atoms with Crippen LogP contribution in [0.2, 0.25) is 0 Å². The van der Waals surface area contributed by atoms with Crippen LogP contribution in [0.15, 0.2) is 10.6 Å². The van der Waals surface area contributed by atoms with Crippen molar-refractivity contribution in [3.63, 3.8) is 0 Å². The van der Waals surface area contributed by atoms with Crippen LogP contribution in [0.4, 0.5) is 0 Å². The van der Waals surface area contributed by atoms with Crippen molar-refractivity contribution in [3.05, 3.63) is 17.6 Å². The third-order valence-corrected chi connectivity index (χ3v) is 3.85. The van der Waals surface area contributed by atoms with Crippen LogP contribution < -0.4 is 5.32 Å². The van der Waals surface area contributed by atoms with Gasteiger partial charge in [0.15, 0.2) is 5.82 Å². The molecule has 20 heavy (non-hydrogen) atoms. The van der Waals surface area contributed by atoms with E-state index >= 15 is 0 Å². The summed E-state index contributed by atoms with van der Waals surface area (Å²) in [5.74, 6) is 1.98. The van der Waals surface area contributed by atoms with Gasteiger partial charge in [-0.15, -0.1) is 0 Å². The van der Waals surface area contributed by atoms with E-state index in [9.17, 15) is 0 Å². The summed E-state index contributed by atoms with van der Waals surface area (Å²) in [5.41, 5.74) is 1.93. The second kappa shape index (κ2) is 5.75. The minimum Gasteiger partial charge on any atom is -0.332 e. The van der Waals surface area contributed by atoms with Crippen molar-refractivity contribution in [1.29, 1.82) is 0 Å². The molecular weight excluding hydrogens is 254 g/mol. The summed E-state index contributed by atoms with van der Waals surface area (Å²) in [7, 11) is 1.91. The van der Waals surface area contributed by atoms with Crippen LogP contribution in [0, 0.1) is 5.92 Å². The highest BCUT2D eigenvalue weighted by atomic mass is 16.5. The smallest absolute Gasteiger partial charge is 0.276 e. The summed E-state index contributed by atoms with van der Waals surface area (Å²) in [6, 6.07) is 2.01. The van der Waals surface area contributed by atoms with Gasteiger partial charge in [-0.25, -0.2) is 0 Å². The molecule has 0 aliphatic carbocycles. The average Bonchev–Trinajstić information content (AvgIpc) is 3.06. The highest BCUT2D eigenvalue weighted by molar-refractivity contribution is 5.47. The predicted octanol–water partition coefficient (Wildman–Crippen LogP) is 1.57. The van der Waals surface area contributed by atoms with E-state index in [1.165, 1.54) is 12.8 Å². The summed E-state index contributed by atoms with van der Waals surface area (Å²) in [6.07, 6.45) is 4.26. The van der Waals surface area contributed by atoms with Crippen molar-refractivity contribution in [2.24, 2.45) is 13.0 Å². The van der Waals surface area contributed by atoms with E-state index in [0.717, 1.165) is 43.1 Å². The molecule has 0 spiro atoms. The lowest BCUT2D eigenvalue weighted by molar-refractivity contribution is 0.359. The van der Waals surface area contributed by atoms with Crippen molar-refractivity contribution in [3.8, 4) is 11.6 Å². The first-order valence-electron chi connectivity index (χ1n) is 7.33. The quantitative estimate of drug-likeness (QED) is 0.917. The molecule has 0 saturated carbocycles. The molecule has 1 fully saturated rings. The molecule has 108 valence electrons. The Bertz CT molecular complexity index is 568. The number of piperidine rings is 1. The Balaban J connectivity index is 1.73. The Kier molecular flexibility index (Phi) is 3.82. The molecule has 0 amide bonds. The first-order valence-corrected chi connectivity index (χ1v) is 7.33. The van der Waals surface area contributed by atoms with E-state index in [2.05, 4.69) is 27.5 Å². The van der Waals surface area contributed by atoms with E-state index in [0.29, 0.717) is 11.8 Å². The standard InChI is InChI=1S/C14H21N5O/c1-3-11-8-12(19(2)17-11)14-16-13(18-20-14)7-10-5-4-6-15-9-10/h8,10,15H,3-7,9H2,1-2H3. The summed E-state index contributed by atoms with van der Waals surface area (Å²) < 4.78 is 7.19. The lowest BCUT2D eigenvalue weighted by atomic mass is 9.96. The highest BCUT2D eigenvalue weighted by Crippen LogP contribution is 2.20. The number of nitrogens with zero attached hydrogens (tertiary/aromatic N) is 4. The molecule has 3 heterocycles. The van der Waals surface area contributed by atoms with Gasteiger partial charge in [0.2, 0.25) is 0 Å². The molecule has 0 radical (unpaired) electrons. The molecule has 3 rings (SSSR count). The molecule has 6 nitrogen and oxygen atoms in total. The molecule has 1 saturated heterocycles. The normalized spacial score (nSPS) is 19.4. The monoisotopic (exact) mass is 275 g/mol. The maximum atomic E-state index is 5.39. The number of hydrogen-bond acceptors (Lipinski definition) is 5. The zero-order valence-corrected chi connectivity index (χ0v) is 12.1. The van der Waals surface area contributed by atoms with Gasteiger partial charge in [-0.3, -0.25) is 4.68 Å². The molecule has 2 aromatic rings. The van der Waals surface area contributed by atoms with Gasteiger partial charge in [-0.05, 0) is 44.3 Å². The SMILES string of the molecule is CCc1cc(-c2nc(CC3CCCNC3)no2)n(C)n1. The zero-order valence-electron chi connectivity index (χ0n) is 12.1. The Morgan fingerprint density at radius 3 is 3.10 bits per heavy atom. The Labute approximate surface area is 118 Å². The van der Waals surface area contributed by atoms with Crippen molar-refractivity contribution in [1.82, 2.24) is 25.2 Å². The zero-order chi connectivity index (χ0) is 13.9. The molecule has 1 aliphatic heterocycles. The number of aromatic nitrogens is 4. The van der Waals surface area contributed by atoms with Crippen LogP contribution in [0.1, 0.15) is 31.3 Å². The van der Waals surface area contributed by atoms with Crippen LogP contribution in [0.5, 0.6) is 0 Å². The Morgan fingerprint density at radius 2 is 2.40 bits per heavy atom. The molecule has 1 atom stereocenters. The van der Waals surface area contributed by atoms with Gasteiger partial charge in [-0.2, -0.15) is 10.1 Å². The Hall–Kier alpha value is -1.69. The minimum absolute atomic E-state index is 0.568. The molecule has 1 aliphatic rings. The summed E-state index contributed by atoms with van der Waals surface area (Å²) >= 11 is 0. The lowest BCUT2D eigenvalue weighted by Crippen LogP contribution is -2.31. The van der Waals surface area contributed by atoms with Crippen LogP contribution in [0.3, 0.4) is 0 Å². The van der Waals surface area contributed by atoms with Crippen molar-refractivity contribution in [2.75, 3.05) is 13.1 Å². The van der Waals surface area contributed by atoms with Gasteiger partial charge in [0.1, 0.15) is 5.69 Å². The van der Waals surface area contributed by atoms with Crippen molar-refractivity contribution >= 4 is 0 Å². The fraction of sp³-hybridized carbons (Fsp3) is 0.643. The molecule has 0 aromatic carbocycles. The number of hydrogen-bond donors (Lipinski definition) is 1. The van der Waals surface area contributed by atoms with Crippen LogP contribution in [-0.2, 0) is 19.9 Å². The largest absolute Gasteiger partial charge is 0.332 e. The van der Waals surface area contributed by atoms with E-state index in [1.54, 1.807) is 4.68 Å². The first-order chi connectivity index (χ1) is 9.76. The second-order valence-corrected chi connectivity index (χ2v) is 5.43. The summed E-state index contributed by atoms with van der Waals surface area (Å²) in [5, 5.41) is 11.9. The second-order valence-electron chi connectivity index (χ2n) is 5.43. The van der Waals surface area contributed by atoms with Crippen molar-refractivity contribution < 1.29 is 4.52 Å². The van der Waals surface area contributed by atoms with E-state index < -0.39 is 0 Å². The summed E-state index contributed by atoms with van der Waals surface area (Å²) in [4.78, 5) is 4.52. The van der Waals surface area contributed by atoms with Gasteiger partial charge < -0.3 is 9.84 Å². The Morgan fingerprint density at radius 1 is 1.50 bits per heavy atom. The molecule has 2 aromatic heterocycles. The van der Waals surface area contributed by atoms with Crippen LogP contribution >= 0.6 is 0 Å². The van der Waals surface area contributed by atoms with Crippen LogP contribution in [-0.4, -0.2) is 33.0 Å². The number of aryl methyl sites for hydroxylation is 2. The minimum atomic E-state index is 0.568. The fourth-order valence-electron chi connectivity index (χ4n) is 2.70. The topological polar surface area (TPSA) is 68.8 Å². The molecule has 1 N–H and O–H groups in total. The maximum absolute atomic E-state index is 5.39. The number of rotatable bonds is 4. The van der Waals surface area contributed by atoms with E-state index in [-0.39, 0.29) is 0 Å². The van der Waals surface area contributed by atoms with Gasteiger partial charge in [0, 0.05) is 13.5 Å². The van der Waals surface area contributed by atoms with Crippen molar-refractivity contribution in [2.45, 2.75) is 32.6 Å². The molecule has 1 unspecified atom stereocenters. The van der Waals surface area contributed by atoms with Gasteiger partial charge in [-0.1, -0.05) is 12.1 Å². The number of nitrogens with one attached hydrogen (secondary N) is 1. The predicted molar refractivity (Wildman–Crippen MR) is 75.2 cm³/mol. The van der Waals surface area contributed by atoms with E-state index in [4.69, 9.17) is 4.52 Å². The average molecular weight is 275 g/mol. The van der Waals surface area contributed by atoms with Gasteiger partial charge in [0.25, 0.3) is 5.89 Å². The third kappa shape index (κ3) is 2.75. The summed E-state index contributed by atoms with van der Waals surface area (Å²) in [6.45, 7) is 4.26. The van der Waals surface area contributed by atoms with Gasteiger partial charge in [0.05, 0.1) is 5.69 Å².